The molecule has 1 amide bonds. The Morgan fingerprint density at radius 3 is 2.48 bits per heavy atom. The van der Waals surface area contributed by atoms with E-state index >= 15 is 0 Å². The average Bonchev–Trinajstić information content (AvgIpc) is 3.21. The van der Waals surface area contributed by atoms with E-state index < -0.39 is 27.2 Å². The molecular formula is C18H19ClN4O5S. The fraction of sp³-hybridized carbons (Fsp3) is 0.278. The van der Waals surface area contributed by atoms with Crippen molar-refractivity contribution < 1.29 is 22.7 Å². The first-order chi connectivity index (χ1) is 13.9. The molecule has 11 heteroatoms. The van der Waals surface area contributed by atoms with Gasteiger partial charge in [-0.1, -0.05) is 11.6 Å². The maximum atomic E-state index is 12.8. The predicted molar refractivity (Wildman–Crippen MR) is 108 cm³/mol. The molecule has 2 atom stereocenters. The molecular weight excluding hydrogens is 420 g/mol. The van der Waals surface area contributed by atoms with Gasteiger partial charge in [0.2, 0.25) is 5.91 Å². The van der Waals surface area contributed by atoms with Crippen molar-refractivity contribution in [3.05, 3.63) is 47.5 Å². The smallest absolute Gasteiger partial charge is 0.250 e. The second-order valence-corrected chi connectivity index (χ2v) is 8.79. The van der Waals surface area contributed by atoms with Gasteiger partial charge in [-0.2, -0.15) is 0 Å². The van der Waals surface area contributed by atoms with Gasteiger partial charge in [-0.25, -0.2) is 13.8 Å². The normalized spacial score (nSPS) is 20.9. The van der Waals surface area contributed by atoms with E-state index in [4.69, 9.17) is 21.1 Å². The number of hydrogen-bond donors (Lipinski definition) is 4. The maximum Gasteiger partial charge on any atom is 0.250 e. The molecule has 1 saturated heterocycles. The lowest BCUT2D eigenvalue weighted by molar-refractivity contribution is -0.119. The lowest BCUT2D eigenvalue weighted by Crippen LogP contribution is -2.45. The van der Waals surface area contributed by atoms with Crippen LogP contribution in [0, 0.1) is 5.92 Å². The molecule has 9 nitrogen and oxygen atoms in total. The Hall–Kier alpha value is -2.53. The summed E-state index contributed by atoms with van der Waals surface area (Å²) in [4.78, 5) is 12.8. The van der Waals surface area contributed by atoms with Crippen molar-refractivity contribution in [2.45, 2.75) is 5.37 Å². The summed E-state index contributed by atoms with van der Waals surface area (Å²) in [6.45, 7) is 1.05. The van der Waals surface area contributed by atoms with Crippen molar-refractivity contribution in [3.8, 4) is 11.5 Å². The van der Waals surface area contributed by atoms with E-state index in [0.717, 1.165) is 0 Å². The van der Waals surface area contributed by atoms with Gasteiger partial charge in [0.15, 0.2) is 16.9 Å². The Morgan fingerprint density at radius 2 is 1.72 bits per heavy atom. The highest BCUT2D eigenvalue weighted by atomic mass is 35.5. The van der Waals surface area contributed by atoms with E-state index in [1.807, 2.05) is 0 Å². The summed E-state index contributed by atoms with van der Waals surface area (Å²) in [6.07, 6.45) is 0. The van der Waals surface area contributed by atoms with Crippen LogP contribution in [0.3, 0.4) is 0 Å². The second-order valence-electron chi connectivity index (χ2n) is 6.55. The van der Waals surface area contributed by atoms with Gasteiger partial charge in [0.25, 0.3) is 10.0 Å². The van der Waals surface area contributed by atoms with Crippen LogP contribution < -0.4 is 30.4 Å². The highest BCUT2D eigenvalue weighted by Crippen LogP contribution is 2.33. The number of carbonyl (C=O) groups excluding carboxylic acids is 1. The molecule has 2 aromatic rings. The topological polar surface area (TPSA) is 118 Å². The van der Waals surface area contributed by atoms with Gasteiger partial charge in [-0.3, -0.25) is 14.9 Å². The molecule has 29 heavy (non-hydrogen) atoms. The van der Waals surface area contributed by atoms with E-state index in [1.165, 1.54) is 0 Å². The zero-order valence-electron chi connectivity index (χ0n) is 15.1. The molecule has 0 saturated carbocycles. The standard InChI is InChI=1S/C18H19ClN4O5S/c19-11-1-3-12(4-2-11)23-29(25,26)18-14(10-20-22-18)17(24)21-13-5-6-15-16(9-13)28-8-7-27-15/h1-6,9,14,18,20,22-23H,7-8,10H2,(H,21,24). The molecule has 4 rings (SSSR count). The third kappa shape index (κ3) is 4.40. The molecule has 0 spiro atoms. The molecule has 2 aromatic carbocycles. The first-order valence-corrected chi connectivity index (χ1v) is 10.8. The number of carbonyl (C=O) groups is 1. The van der Waals surface area contributed by atoms with Crippen molar-refractivity contribution in [1.82, 2.24) is 10.9 Å². The van der Waals surface area contributed by atoms with Crippen LogP contribution >= 0.6 is 11.6 Å². The van der Waals surface area contributed by atoms with Crippen LogP contribution in [0.25, 0.3) is 0 Å². The minimum atomic E-state index is -3.90. The SMILES string of the molecule is O=C(Nc1ccc2c(c1)OCCO2)C1CNNC1S(=O)(=O)Nc1ccc(Cl)cc1. The van der Waals surface area contributed by atoms with Crippen molar-refractivity contribution in [2.75, 3.05) is 29.8 Å². The number of nitrogens with one attached hydrogen (secondary N) is 4. The van der Waals surface area contributed by atoms with Gasteiger partial charge in [-0.05, 0) is 36.4 Å². The number of ether oxygens (including phenoxy) is 2. The predicted octanol–water partition coefficient (Wildman–Crippen LogP) is 1.54. The number of anilines is 2. The monoisotopic (exact) mass is 438 g/mol. The number of fused-ring (bicyclic) bond motifs is 1. The number of hydrogen-bond acceptors (Lipinski definition) is 7. The van der Waals surface area contributed by atoms with Crippen LogP contribution in [-0.2, 0) is 14.8 Å². The van der Waals surface area contributed by atoms with Crippen LogP contribution in [0.4, 0.5) is 11.4 Å². The minimum absolute atomic E-state index is 0.155. The van der Waals surface area contributed by atoms with Crippen LogP contribution in [0.2, 0.25) is 5.02 Å². The number of sulfonamides is 1. The lowest BCUT2D eigenvalue weighted by Gasteiger charge is -2.21. The Kier molecular flexibility index (Phi) is 5.50. The molecule has 154 valence electrons. The van der Waals surface area contributed by atoms with Gasteiger partial charge in [0.05, 0.1) is 5.92 Å². The third-order valence-electron chi connectivity index (χ3n) is 4.52. The number of rotatable bonds is 5. The summed E-state index contributed by atoms with van der Waals surface area (Å²) < 4.78 is 39.0. The number of halogens is 1. The second kappa shape index (κ2) is 8.07. The summed E-state index contributed by atoms with van der Waals surface area (Å²) in [5.41, 5.74) is 6.26. The molecule has 2 unspecified atom stereocenters. The average molecular weight is 439 g/mol. The minimum Gasteiger partial charge on any atom is -0.486 e. The number of amides is 1. The van der Waals surface area contributed by atoms with Crippen LogP contribution in [0.5, 0.6) is 11.5 Å². The number of hydrazine groups is 1. The van der Waals surface area contributed by atoms with E-state index in [0.29, 0.717) is 41.1 Å². The lowest BCUT2D eigenvalue weighted by atomic mass is 10.1. The highest BCUT2D eigenvalue weighted by molar-refractivity contribution is 7.93. The Morgan fingerprint density at radius 1 is 1.03 bits per heavy atom. The highest BCUT2D eigenvalue weighted by Gasteiger charge is 2.42. The zero-order valence-corrected chi connectivity index (χ0v) is 16.7. The van der Waals surface area contributed by atoms with E-state index in [2.05, 4.69) is 20.9 Å². The van der Waals surface area contributed by atoms with E-state index in [9.17, 15) is 13.2 Å². The van der Waals surface area contributed by atoms with Gasteiger partial charge in [0, 0.05) is 29.0 Å². The molecule has 0 aliphatic carbocycles. The molecule has 2 aliphatic rings. The summed E-state index contributed by atoms with van der Waals surface area (Å²) in [5, 5.41) is 2.08. The van der Waals surface area contributed by atoms with Crippen LogP contribution in [0.15, 0.2) is 42.5 Å². The number of benzene rings is 2. The van der Waals surface area contributed by atoms with Crippen molar-refractivity contribution >= 4 is 38.9 Å². The van der Waals surface area contributed by atoms with Gasteiger partial charge in [-0.15, -0.1) is 0 Å². The van der Waals surface area contributed by atoms with Crippen molar-refractivity contribution in [3.63, 3.8) is 0 Å². The van der Waals surface area contributed by atoms with Gasteiger partial charge in [0.1, 0.15) is 13.2 Å². The molecule has 1 fully saturated rings. The molecule has 4 N–H and O–H groups in total. The Bertz CT molecular complexity index is 1020. The summed E-state index contributed by atoms with van der Waals surface area (Å²) in [7, 11) is -3.90. The van der Waals surface area contributed by atoms with Crippen LogP contribution in [-0.4, -0.2) is 39.5 Å². The largest absolute Gasteiger partial charge is 0.486 e. The maximum absolute atomic E-state index is 12.8. The van der Waals surface area contributed by atoms with Crippen molar-refractivity contribution in [2.24, 2.45) is 5.92 Å². The third-order valence-corrected chi connectivity index (χ3v) is 6.40. The molecule has 0 bridgehead atoms. The van der Waals surface area contributed by atoms with E-state index in [-0.39, 0.29) is 6.54 Å². The molecule has 2 heterocycles. The van der Waals surface area contributed by atoms with Gasteiger partial charge >= 0.3 is 0 Å². The zero-order chi connectivity index (χ0) is 20.4. The van der Waals surface area contributed by atoms with E-state index in [1.54, 1.807) is 42.5 Å². The summed E-state index contributed by atoms with van der Waals surface area (Å²) >= 11 is 5.83. The first kappa shape index (κ1) is 19.8. The molecule has 0 aromatic heterocycles. The first-order valence-electron chi connectivity index (χ1n) is 8.88. The fourth-order valence-electron chi connectivity index (χ4n) is 3.10. The summed E-state index contributed by atoms with van der Waals surface area (Å²) in [5.74, 6) is -0.157. The Labute approximate surface area is 172 Å². The van der Waals surface area contributed by atoms with Crippen LogP contribution in [0.1, 0.15) is 0 Å². The molecule has 2 aliphatic heterocycles. The van der Waals surface area contributed by atoms with Crippen molar-refractivity contribution in [1.29, 1.82) is 0 Å². The van der Waals surface area contributed by atoms with Gasteiger partial charge < -0.3 is 14.8 Å². The fourth-order valence-corrected chi connectivity index (χ4v) is 4.71. The summed E-state index contributed by atoms with van der Waals surface area (Å²) in [6, 6.07) is 11.3. The quantitative estimate of drug-likeness (QED) is 0.559. The Balaban J connectivity index is 1.47. The molecule has 0 radical (unpaired) electrons.